The Morgan fingerprint density at radius 2 is 1.83 bits per heavy atom. The van der Waals surface area contributed by atoms with Crippen LogP contribution in [0.2, 0.25) is 0 Å². The topological polar surface area (TPSA) is 86.1 Å². The highest BCUT2D eigenvalue weighted by Gasteiger charge is 2.26. The van der Waals surface area contributed by atoms with Crippen LogP contribution in [0.3, 0.4) is 0 Å². The summed E-state index contributed by atoms with van der Waals surface area (Å²) in [5.74, 6) is 0. The van der Waals surface area contributed by atoms with E-state index in [0.29, 0.717) is 30.2 Å². The van der Waals surface area contributed by atoms with E-state index in [4.69, 9.17) is 5.26 Å². The maximum Gasteiger partial charge on any atom is 0.243 e. The molecule has 0 bridgehead atoms. The molecule has 1 fully saturated rings. The predicted octanol–water partition coefficient (Wildman–Crippen LogP) is 2.35. The first-order chi connectivity index (χ1) is 11.6. The predicted molar refractivity (Wildman–Crippen MR) is 90.7 cm³/mol. The van der Waals surface area contributed by atoms with Crippen LogP contribution in [0.25, 0.3) is 0 Å². The molecule has 0 amide bonds. The summed E-state index contributed by atoms with van der Waals surface area (Å²) in [4.78, 5) is 4.33. The molecule has 0 spiro atoms. The molecule has 7 heteroatoms. The van der Waals surface area contributed by atoms with Crippen molar-refractivity contribution in [2.75, 3.05) is 18.4 Å². The van der Waals surface area contributed by atoms with E-state index in [1.54, 1.807) is 34.8 Å². The molecule has 1 aliphatic rings. The van der Waals surface area contributed by atoms with Gasteiger partial charge in [0.1, 0.15) is 11.8 Å². The van der Waals surface area contributed by atoms with E-state index >= 15 is 0 Å². The second-order valence-electron chi connectivity index (χ2n) is 5.65. The molecule has 1 aromatic carbocycles. The van der Waals surface area contributed by atoms with E-state index in [0.717, 1.165) is 24.1 Å². The van der Waals surface area contributed by atoms with Crippen LogP contribution in [0.5, 0.6) is 0 Å². The van der Waals surface area contributed by atoms with Crippen molar-refractivity contribution in [1.29, 1.82) is 5.26 Å². The average molecular weight is 342 g/mol. The maximum absolute atomic E-state index is 12.5. The Morgan fingerprint density at radius 3 is 2.42 bits per heavy atom. The summed E-state index contributed by atoms with van der Waals surface area (Å²) in [7, 11) is -3.36. The van der Waals surface area contributed by atoms with Crippen LogP contribution in [0.4, 0.5) is 5.69 Å². The Labute approximate surface area is 141 Å². The standard InChI is InChI=1S/C17H18N4O2S/c18-11-15-5-6-16(13-20-15)19-12-14-3-7-17(8-4-14)24(22,23)21-9-1-2-10-21/h3-8,13,19H,1-2,9-10,12H2. The Morgan fingerprint density at radius 1 is 1.12 bits per heavy atom. The number of anilines is 1. The summed E-state index contributed by atoms with van der Waals surface area (Å²) in [6, 6.07) is 12.3. The van der Waals surface area contributed by atoms with Gasteiger partial charge in [0.15, 0.2) is 0 Å². The number of aromatic nitrogens is 1. The molecule has 0 aliphatic carbocycles. The van der Waals surface area contributed by atoms with E-state index in [1.807, 2.05) is 18.2 Å². The first kappa shape index (κ1) is 16.4. The molecule has 1 aromatic heterocycles. The van der Waals surface area contributed by atoms with Crippen molar-refractivity contribution in [3.63, 3.8) is 0 Å². The summed E-state index contributed by atoms with van der Waals surface area (Å²) in [5, 5.41) is 11.9. The number of nitriles is 1. The molecule has 0 saturated carbocycles. The van der Waals surface area contributed by atoms with Crippen LogP contribution in [-0.4, -0.2) is 30.8 Å². The SMILES string of the molecule is N#Cc1ccc(NCc2ccc(S(=O)(=O)N3CCCC3)cc2)cn1. The van der Waals surface area contributed by atoms with Crippen LogP contribution < -0.4 is 5.32 Å². The number of benzene rings is 1. The fourth-order valence-electron chi connectivity index (χ4n) is 2.63. The van der Waals surface area contributed by atoms with Crippen molar-refractivity contribution >= 4 is 15.7 Å². The Kier molecular flexibility index (Phi) is 4.79. The molecule has 0 unspecified atom stereocenters. The van der Waals surface area contributed by atoms with Crippen molar-refractivity contribution < 1.29 is 8.42 Å². The zero-order chi connectivity index (χ0) is 17.0. The molecule has 0 atom stereocenters. The molecule has 6 nitrogen and oxygen atoms in total. The van der Waals surface area contributed by atoms with E-state index in [-0.39, 0.29) is 0 Å². The van der Waals surface area contributed by atoms with E-state index < -0.39 is 10.0 Å². The molecule has 3 rings (SSSR count). The quantitative estimate of drug-likeness (QED) is 0.901. The molecular weight excluding hydrogens is 324 g/mol. The number of sulfonamides is 1. The van der Waals surface area contributed by atoms with Gasteiger partial charge in [-0.3, -0.25) is 0 Å². The second kappa shape index (κ2) is 6.99. The highest BCUT2D eigenvalue weighted by atomic mass is 32.2. The molecule has 2 heterocycles. The molecule has 24 heavy (non-hydrogen) atoms. The fourth-order valence-corrected chi connectivity index (χ4v) is 4.14. The van der Waals surface area contributed by atoms with Gasteiger partial charge in [0.2, 0.25) is 10.0 Å². The van der Waals surface area contributed by atoms with Crippen molar-refractivity contribution in [2.45, 2.75) is 24.3 Å². The number of nitrogens with one attached hydrogen (secondary N) is 1. The lowest BCUT2D eigenvalue weighted by Gasteiger charge is -2.15. The van der Waals surface area contributed by atoms with E-state index in [1.165, 1.54) is 0 Å². The van der Waals surface area contributed by atoms with Crippen molar-refractivity contribution in [3.8, 4) is 6.07 Å². The number of rotatable bonds is 5. The molecule has 1 N–H and O–H groups in total. The molecule has 1 saturated heterocycles. The van der Waals surface area contributed by atoms with E-state index in [9.17, 15) is 8.42 Å². The molecule has 0 radical (unpaired) electrons. The van der Waals surface area contributed by atoms with Gasteiger partial charge in [-0.15, -0.1) is 0 Å². The molecule has 124 valence electrons. The molecule has 1 aliphatic heterocycles. The second-order valence-corrected chi connectivity index (χ2v) is 7.59. The molecular formula is C17H18N4O2S. The van der Waals surface area contributed by atoms with Crippen LogP contribution in [0.15, 0.2) is 47.5 Å². The van der Waals surface area contributed by atoms with Crippen LogP contribution >= 0.6 is 0 Å². The Balaban J connectivity index is 1.65. The number of pyridine rings is 1. The third-order valence-corrected chi connectivity index (χ3v) is 5.91. The zero-order valence-electron chi connectivity index (χ0n) is 13.1. The molecule has 2 aromatic rings. The lowest BCUT2D eigenvalue weighted by molar-refractivity contribution is 0.477. The largest absolute Gasteiger partial charge is 0.380 e. The monoisotopic (exact) mass is 342 g/mol. The van der Waals surface area contributed by atoms with Gasteiger partial charge in [-0.2, -0.15) is 9.57 Å². The summed E-state index contributed by atoms with van der Waals surface area (Å²) >= 11 is 0. The Hall–Kier alpha value is -2.43. The lowest BCUT2D eigenvalue weighted by atomic mass is 10.2. The number of nitrogens with zero attached hydrogens (tertiary/aromatic N) is 3. The normalized spacial score (nSPS) is 15.1. The number of hydrogen-bond donors (Lipinski definition) is 1. The van der Waals surface area contributed by atoms with Gasteiger partial charge < -0.3 is 5.32 Å². The van der Waals surface area contributed by atoms with Gasteiger partial charge in [0.25, 0.3) is 0 Å². The van der Waals surface area contributed by atoms with Gasteiger partial charge in [0.05, 0.1) is 16.8 Å². The van der Waals surface area contributed by atoms with Crippen LogP contribution in [0.1, 0.15) is 24.1 Å². The van der Waals surface area contributed by atoms with Crippen LogP contribution in [0, 0.1) is 11.3 Å². The summed E-state index contributed by atoms with van der Waals surface area (Å²) in [5.41, 5.74) is 2.15. The third kappa shape index (κ3) is 3.55. The smallest absolute Gasteiger partial charge is 0.243 e. The fraction of sp³-hybridized carbons (Fsp3) is 0.294. The van der Waals surface area contributed by atoms with Gasteiger partial charge in [0, 0.05) is 19.6 Å². The Bertz CT molecular complexity index is 834. The third-order valence-electron chi connectivity index (χ3n) is 4.00. The lowest BCUT2D eigenvalue weighted by Crippen LogP contribution is -2.27. The summed E-state index contributed by atoms with van der Waals surface area (Å²) in [6.45, 7) is 1.77. The highest BCUT2D eigenvalue weighted by Crippen LogP contribution is 2.21. The summed E-state index contributed by atoms with van der Waals surface area (Å²) in [6.07, 6.45) is 3.46. The number of hydrogen-bond acceptors (Lipinski definition) is 5. The average Bonchev–Trinajstić information content (AvgIpc) is 3.16. The minimum absolute atomic E-state index is 0.341. The van der Waals surface area contributed by atoms with Gasteiger partial charge in [-0.1, -0.05) is 12.1 Å². The minimum atomic E-state index is -3.36. The van der Waals surface area contributed by atoms with Crippen molar-refractivity contribution in [1.82, 2.24) is 9.29 Å². The van der Waals surface area contributed by atoms with Crippen molar-refractivity contribution in [3.05, 3.63) is 53.9 Å². The maximum atomic E-state index is 12.5. The van der Waals surface area contributed by atoms with Gasteiger partial charge >= 0.3 is 0 Å². The first-order valence-corrected chi connectivity index (χ1v) is 9.23. The first-order valence-electron chi connectivity index (χ1n) is 7.79. The van der Waals surface area contributed by atoms with Crippen molar-refractivity contribution in [2.24, 2.45) is 0 Å². The minimum Gasteiger partial charge on any atom is -0.380 e. The summed E-state index contributed by atoms with van der Waals surface area (Å²) < 4.78 is 26.5. The highest BCUT2D eigenvalue weighted by molar-refractivity contribution is 7.89. The van der Waals surface area contributed by atoms with Gasteiger partial charge in [-0.05, 0) is 42.7 Å². The zero-order valence-corrected chi connectivity index (χ0v) is 14.0. The van der Waals surface area contributed by atoms with Crippen LogP contribution in [-0.2, 0) is 16.6 Å². The van der Waals surface area contributed by atoms with E-state index in [2.05, 4.69) is 10.3 Å². The van der Waals surface area contributed by atoms with Gasteiger partial charge in [-0.25, -0.2) is 13.4 Å².